The fourth-order valence-electron chi connectivity index (χ4n) is 4.80. The standard InChI is InChI=1S/C26H25NO/c1-3-27-25(20-15-13-18(2)14-16-20)24(19-9-5-4-6-10-19)22-17-28-23-12-8-7-11-21(23)26(22)27/h4-16,22,26H,3,17H2,1-2H3. The van der Waals surface area contributed by atoms with E-state index in [-0.39, 0.29) is 0 Å². The van der Waals surface area contributed by atoms with Crippen molar-refractivity contribution in [1.82, 2.24) is 4.90 Å². The van der Waals surface area contributed by atoms with Gasteiger partial charge in [0.2, 0.25) is 0 Å². The number of nitrogens with zero attached hydrogens (tertiary/aromatic N) is 1. The first kappa shape index (κ1) is 17.1. The first-order valence-corrected chi connectivity index (χ1v) is 10.1. The molecule has 2 heteroatoms. The van der Waals surface area contributed by atoms with E-state index in [4.69, 9.17) is 4.74 Å². The van der Waals surface area contributed by atoms with Gasteiger partial charge in [0.25, 0.3) is 0 Å². The first-order valence-electron chi connectivity index (χ1n) is 10.1. The van der Waals surface area contributed by atoms with Crippen molar-refractivity contribution in [3.05, 3.63) is 101 Å². The van der Waals surface area contributed by atoms with Crippen LogP contribution < -0.4 is 4.74 Å². The molecule has 2 atom stereocenters. The summed E-state index contributed by atoms with van der Waals surface area (Å²) in [5, 5.41) is 0. The lowest BCUT2D eigenvalue weighted by atomic mass is 9.84. The van der Waals surface area contributed by atoms with Crippen LogP contribution in [0, 0.1) is 12.8 Å². The minimum atomic E-state index is 0.321. The Labute approximate surface area is 167 Å². The number of aryl methyl sites for hydroxylation is 1. The molecule has 2 unspecified atom stereocenters. The third-order valence-corrected chi connectivity index (χ3v) is 6.04. The number of hydrogen-bond donors (Lipinski definition) is 0. The van der Waals surface area contributed by atoms with Gasteiger partial charge in [-0.3, -0.25) is 0 Å². The monoisotopic (exact) mass is 367 g/mol. The predicted molar refractivity (Wildman–Crippen MR) is 115 cm³/mol. The van der Waals surface area contributed by atoms with Gasteiger partial charge in [0.05, 0.1) is 12.6 Å². The molecule has 2 aliphatic rings. The maximum Gasteiger partial charge on any atom is 0.124 e. The minimum Gasteiger partial charge on any atom is -0.492 e. The number of ether oxygens (including phenoxy) is 1. The average Bonchev–Trinajstić information content (AvgIpc) is 3.09. The summed E-state index contributed by atoms with van der Waals surface area (Å²) in [7, 11) is 0. The topological polar surface area (TPSA) is 12.5 Å². The maximum atomic E-state index is 6.22. The maximum absolute atomic E-state index is 6.22. The number of para-hydroxylation sites is 1. The van der Waals surface area contributed by atoms with E-state index in [1.165, 1.54) is 33.5 Å². The van der Waals surface area contributed by atoms with E-state index in [2.05, 4.69) is 97.6 Å². The molecule has 2 aliphatic heterocycles. The van der Waals surface area contributed by atoms with Gasteiger partial charge in [-0.15, -0.1) is 0 Å². The lowest BCUT2D eigenvalue weighted by Gasteiger charge is -2.36. The SMILES string of the molecule is CCN1C(c2ccc(C)cc2)=C(c2ccccc2)C2COc3ccccc3C21. The lowest BCUT2D eigenvalue weighted by Crippen LogP contribution is -2.32. The van der Waals surface area contributed by atoms with Crippen molar-refractivity contribution in [2.45, 2.75) is 19.9 Å². The van der Waals surface area contributed by atoms with E-state index >= 15 is 0 Å². The van der Waals surface area contributed by atoms with E-state index in [1.54, 1.807) is 0 Å². The predicted octanol–water partition coefficient (Wildman–Crippen LogP) is 5.95. The summed E-state index contributed by atoms with van der Waals surface area (Å²) < 4.78 is 6.22. The summed E-state index contributed by atoms with van der Waals surface area (Å²) in [6.45, 7) is 6.09. The Bertz CT molecular complexity index is 1020. The first-order chi connectivity index (χ1) is 13.8. The van der Waals surface area contributed by atoms with Crippen molar-refractivity contribution in [3.63, 3.8) is 0 Å². The van der Waals surface area contributed by atoms with Crippen molar-refractivity contribution in [1.29, 1.82) is 0 Å². The van der Waals surface area contributed by atoms with Gasteiger partial charge in [-0.1, -0.05) is 78.4 Å². The summed E-state index contributed by atoms with van der Waals surface area (Å²) in [4.78, 5) is 2.58. The quantitative estimate of drug-likeness (QED) is 0.567. The highest BCUT2D eigenvalue weighted by Gasteiger charge is 2.45. The Kier molecular flexibility index (Phi) is 4.20. The Morgan fingerprint density at radius 3 is 2.32 bits per heavy atom. The second-order valence-corrected chi connectivity index (χ2v) is 7.68. The van der Waals surface area contributed by atoms with Crippen LogP contribution in [-0.2, 0) is 0 Å². The molecule has 0 radical (unpaired) electrons. The second-order valence-electron chi connectivity index (χ2n) is 7.68. The highest BCUT2D eigenvalue weighted by Crippen LogP contribution is 2.54. The van der Waals surface area contributed by atoms with E-state index in [1.807, 2.05) is 0 Å². The van der Waals surface area contributed by atoms with Crippen LogP contribution in [0.1, 0.15) is 35.2 Å². The fraction of sp³-hybridized carbons (Fsp3) is 0.231. The number of benzene rings is 3. The minimum absolute atomic E-state index is 0.321. The Hall–Kier alpha value is -3.00. The summed E-state index contributed by atoms with van der Waals surface area (Å²) in [5.74, 6) is 1.35. The van der Waals surface area contributed by atoms with Gasteiger partial charge in [0.1, 0.15) is 5.75 Å². The molecule has 140 valence electrons. The van der Waals surface area contributed by atoms with Crippen LogP contribution in [0.3, 0.4) is 0 Å². The Morgan fingerprint density at radius 1 is 0.857 bits per heavy atom. The molecule has 0 N–H and O–H groups in total. The van der Waals surface area contributed by atoms with Gasteiger partial charge in [-0.2, -0.15) is 0 Å². The van der Waals surface area contributed by atoms with E-state index < -0.39 is 0 Å². The number of rotatable bonds is 3. The van der Waals surface area contributed by atoms with Crippen molar-refractivity contribution >= 4 is 11.3 Å². The highest BCUT2D eigenvalue weighted by molar-refractivity contribution is 5.94. The second kappa shape index (κ2) is 6.87. The molecule has 3 aromatic rings. The van der Waals surface area contributed by atoms with E-state index in [9.17, 15) is 0 Å². The van der Waals surface area contributed by atoms with Crippen molar-refractivity contribution in [2.75, 3.05) is 13.2 Å². The molecule has 0 saturated carbocycles. The molecule has 0 amide bonds. The molecule has 0 bridgehead atoms. The van der Waals surface area contributed by atoms with Crippen molar-refractivity contribution < 1.29 is 4.74 Å². The molecular weight excluding hydrogens is 342 g/mol. The zero-order valence-electron chi connectivity index (χ0n) is 16.4. The van der Waals surface area contributed by atoms with E-state index in [0.717, 1.165) is 18.9 Å². The molecule has 0 aromatic heterocycles. The molecule has 3 aromatic carbocycles. The van der Waals surface area contributed by atoms with Crippen molar-refractivity contribution in [3.8, 4) is 5.75 Å². The molecule has 0 fully saturated rings. The smallest absolute Gasteiger partial charge is 0.124 e. The normalized spacial score (nSPS) is 20.6. The molecule has 0 aliphatic carbocycles. The summed E-state index contributed by atoms with van der Waals surface area (Å²) >= 11 is 0. The van der Waals surface area contributed by atoms with Gasteiger partial charge < -0.3 is 9.64 Å². The molecule has 0 spiro atoms. The molecule has 5 rings (SSSR count). The average molecular weight is 367 g/mol. The van der Waals surface area contributed by atoms with Gasteiger partial charge in [-0.25, -0.2) is 0 Å². The highest BCUT2D eigenvalue weighted by atomic mass is 16.5. The van der Waals surface area contributed by atoms with Crippen molar-refractivity contribution in [2.24, 2.45) is 5.92 Å². The number of fused-ring (bicyclic) bond motifs is 3. The molecule has 2 nitrogen and oxygen atoms in total. The van der Waals surface area contributed by atoms with Gasteiger partial charge in [-0.05, 0) is 36.6 Å². The molecular formula is C26H25NO. The third-order valence-electron chi connectivity index (χ3n) is 6.04. The van der Waals surface area contributed by atoms with Crippen LogP contribution in [0.2, 0.25) is 0 Å². The van der Waals surface area contributed by atoms with Crippen LogP contribution in [0.25, 0.3) is 11.3 Å². The summed E-state index contributed by atoms with van der Waals surface area (Å²) in [5.41, 5.74) is 7.94. The van der Waals surface area contributed by atoms with Crippen LogP contribution in [-0.4, -0.2) is 18.1 Å². The lowest BCUT2D eigenvalue weighted by molar-refractivity contribution is 0.172. The summed E-state index contributed by atoms with van der Waals surface area (Å²) in [6, 6.07) is 28.6. The third kappa shape index (κ3) is 2.63. The van der Waals surface area contributed by atoms with Gasteiger partial charge in [0.15, 0.2) is 0 Å². The number of hydrogen-bond acceptors (Lipinski definition) is 2. The van der Waals surface area contributed by atoms with E-state index in [0.29, 0.717) is 12.0 Å². The van der Waals surface area contributed by atoms with Crippen LogP contribution in [0.4, 0.5) is 0 Å². The van der Waals surface area contributed by atoms with Crippen LogP contribution in [0.15, 0.2) is 78.9 Å². The fourth-order valence-corrected chi connectivity index (χ4v) is 4.80. The van der Waals surface area contributed by atoms with Crippen LogP contribution in [0.5, 0.6) is 5.75 Å². The summed E-state index contributed by atoms with van der Waals surface area (Å²) in [6.07, 6.45) is 0. The molecule has 28 heavy (non-hydrogen) atoms. The van der Waals surface area contributed by atoms with Gasteiger partial charge >= 0.3 is 0 Å². The zero-order valence-corrected chi connectivity index (χ0v) is 16.4. The van der Waals surface area contributed by atoms with Crippen LogP contribution >= 0.6 is 0 Å². The Balaban J connectivity index is 1.74. The van der Waals surface area contributed by atoms with Gasteiger partial charge in [0, 0.05) is 23.7 Å². The molecule has 2 heterocycles. The molecule has 0 saturated heterocycles. The Morgan fingerprint density at radius 2 is 1.57 bits per heavy atom. The zero-order chi connectivity index (χ0) is 19.1. The largest absolute Gasteiger partial charge is 0.492 e.